The Hall–Kier alpha value is -3.15. The van der Waals surface area contributed by atoms with Crippen molar-refractivity contribution in [1.82, 2.24) is 9.38 Å². The van der Waals surface area contributed by atoms with Crippen molar-refractivity contribution in [2.45, 2.75) is 77.9 Å². The van der Waals surface area contributed by atoms with Crippen molar-refractivity contribution < 1.29 is 14.3 Å². The standard InChI is InChI=1S/C27H31N3O3/c1-16-19-15-20(21-11-8-12-22-28-13-14-29(21)22)17-9-7-10-18(17)23(19)30(27(5,6)24(16)31)25(32)33-26(2,3)4/h8,11-16H,7,9-10H2,1-6H3. The molecule has 0 radical (unpaired) electrons. The van der Waals surface area contributed by atoms with Gasteiger partial charge in [0, 0.05) is 23.9 Å². The van der Waals surface area contributed by atoms with Crippen LogP contribution in [0.4, 0.5) is 10.5 Å². The lowest BCUT2D eigenvalue weighted by molar-refractivity contribution is -0.124. The molecule has 3 aromatic rings. The van der Waals surface area contributed by atoms with E-state index in [0.717, 1.165) is 53.0 Å². The molecule has 2 aliphatic rings. The Morgan fingerprint density at radius 3 is 2.64 bits per heavy atom. The molecule has 5 rings (SSSR count). The Bertz CT molecular complexity index is 1300. The number of pyridine rings is 1. The highest BCUT2D eigenvalue weighted by Crippen LogP contribution is 2.49. The molecule has 1 unspecified atom stereocenters. The number of ether oxygens (including phenoxy) is 1. The minimum atomic E-state index is -0.989. The van der Waals surface area contributed by atoms with E-state index in [1.807, 2.05) is 59.9 Å². The number of ketones is 1. The number of rotatable bonds is 1. The number of hydrogen-bond donors (Lipinski definition) is 0. The molecule has 0 bridgehead atoms. The molecule has 0 saturated carbocycles. The lowest BCUT2D eigenvalue weighted by Gasteiger charge is -2.45. The minimum Gasteiger partial charge on any atom is -0.443 e. The molecule has 0 N–H and O–H groups in total. The molecule has 1 aliphatic heterocycles. The summed E-state index contributed by atoms with van der Waals surface area (Å²) in [6, 6.07) is 8.23. The molecule has 6 heteroatoms. The molecule has 1 aromatic carbocycles. The van der Waals surface area contributed by atoms with Gasteiger partial charge in [-0.15, -0.1) is 0 Å². The van der Waals surface area contributed by atoms with Crippen molar-refractivity contribution in [3.05, 3.63) is 53.3 Å². The van der Waals surface area contributed by atoms with E-state index in [2.05, 4.69) is 21.5 Å². The molecule has 2 aromatic heterocycles. The third-order valence-corrected chi connectivity index (χ3v) is 6.93. The van der Waals surface area contributed by atoms with Crippen molar-refractivity contribution in [2.75, 3.05) is 4.90 Å². The van der Waals surface area contributed by atoms with Gasteiger partial charge in [-0.05, 0) is 88.8 Å². The summed E-state index contributed by atoms with van der Waals surface area (Å²) in [5, 5.41) is 0. The van der Waals surface area contributed by atoms with Gasteiger partial charge in [0.15, 0.2) is 5.78 Å². The average molecular weight is 446 g/mol. The Morgan fingerprint density at radius 2 is 1.91 bits per heavy atom. The summed E-state index contributed by atoms with van der Waals surface area (Å²) in [6.45, 7) is 11.2. The molecule has 0 saturated heterocycles. The highest BCUT2D eigenvalue weighted by molar-refractivity contribution is 6.09. The maximum Gasteiger partial charge on any atom is 0.415 e. The van der Waals surface area contributed by atoms with Crippen LogP contribution in [0.15, 0.2) is 36.7 Å². The monoisotopic (exact) mass is 445 g/mol. The Morgan fingerprint density at radius 1 is 1.18 bits per heavy atom. The van der Waals surface area contributed by atoms with Gasteiger partial charge in [0.05, 0.1) is 11.4 Å². The number of nitrogens with zero attached hydrogens (tertiary/aromatic N) is 3. The summed E-state index contributed by atoms with van der Waals surface area (Å²) in [6.07, 6.45) is 6.14. The number of aromatic nitrogens is 2. The van der Waals surface area contributed by atoms with E-state index < -0.39 is 17.2 Å². The fraction of sp³-hybridized carbons (Fsp3) is 0.444. The predicted molar refractivity (Wildman–Crippen MR) is 129 cm³/mol. The number of fused-ring (bicyclic) bond motifs is 4. The van der Waals surface area contributed by atoms with E-state index in [9.17, 15) is 9.59 Å². The van der Waals surface area contributed by atoms with Gasteiger partial charge in [0.25, 0.3) is 0 Å². The predicted octanol–water partition coefficient (Wildman–Crippen LogP) is 5.70. The van der Waals surface area contributed by atoms with Crippen LogP contribution in [0.3, 0.4) is 0 Å². The zero-order valence-corrected chi connectivity index (χ0v) is 20.2. The van der Waals surface area contributed by atoms with Crippen molar-refractivity contribution in [1.29, 1.82) is 0 Å². The fourth-order valence-corrected chi connectivity index (χ4v) is 5.47. The van der Waals surface area contributed by atoms with Crippen LogP contribution in [0.1, 0.15) is 70.6 Å². The summed E-state index contributed by atoms with van der Waals surface area (Å²) in [4.78, 5) is 33.1. The molecule has 0 spiro atoms. The zero-order chi connectivity index (χ0) is 23.7. The zero-order valence-electron chi connectivity index (χ0n) is 20.2. The van der Waals surface area contributed by atoms with E-state index in [1.54, 1.807) is 11.1 Å². The second-order valence-electron chi connectivity index (χ2n) is 10.7. The van der Waals surface area contributed by atoms with Crippen LogP contribution >= 0.6 is 0 Å². The Labute approximate surface area is 194 Å². The smallest absolute Gasteiger partial charge is 0.415 e. The number of hydrogen-bond acceptors (Lipinski definition) is 4. The van der Waals surface area contributed by atoms with Crippen LogP contribution in [0.5, 0.6) is 0 Å². The maximum absolute atomic E-state index is 13.5. The molecule has 172 valence electrons. The quantitative estimate of drug-likeness (QED) is 0.482. The number of carbonyl (C=O) groups is 2. The van der Waals surface area contributed by atoms with E-state index in [0.29, 0.717) is 0 Å². The van der Waals surface area contributed by atoms with Crippen LogP contribution in [-0.2, 0) is 22.4 Å². The number of benzene rings is 1. The normalized spacial score (nSPS) is 19.5. The summed E-state index contributed by atoms with van der Waals surface area (Å²) < 4.78 is 7.89. The van der Waals surface area contributed by atoms with E-state index >= 15 is 0 Å². The first-order valence-corrected chi connectivity index (χ1v) is 11.7. The third kappa shape index (κ3) is 3.26. The SMILES string of the molecule is CC1C(=O)C(C)(C)N(C(=O)OC(C)(C)C)c2c1cc(-c1cccc3nccn13)c1c2CCC1. The molecule has 33 heavy (non-hydrogen) atoms. The number of Topliss-reactive ketones (excluding diaryl/α,β-unsaturated/α-hetero) is 1. The highest BCUT2D eigenvalue weighted by atomic mass is 16.6. The van der Waals surface area contributed by atoms with Gasteiger partial charge in [-0.3, -0.25) is 14.1 Å². The molecule has 3 heterocycles. The molecular formula is C27H31N3O3. The number of carbonyl (C=O) groups excluding carboxylic acids is 2. The summed E-state index contributed by atoms with van der Waals surface area (Å²) >= 11 is 0. The maximum atomic E-state index is 13.5. The first kappa shape index (κ1) is 21.7. The minimum absolute atomic E-state index is 0.0191. The molecule has 1 atom stereocenters. The van der Waals surface area contributed by atoms with Crippen LogP contribution in [-0.4, -0.2) is 32.4 Å². The summed E-state index contributed by atoms with van der Waals surface area (Å²) in [7, 11) is 0. The molecule has 1 aliphatic carbocycles. The van der Waals surface area contributed by atoms with Crippen molar-refractivity contribution >= 4 is 23.2 Å². The lowest BCUT2D eigenvalue weighted by Crippen LogP contribution is -2.59. The van der Waals surface area contributed by atoms with Crippen molar-refractivity contribution in [3.8, 4) is 11.3 Å². The van der Waals surface area contributed by atoms with Gasteiger partial charge in [-0.25, -0.2) is 9.78 Å². The third-order valence-electron chi connectivity index (χ3n) is 6.93. The van der Waals surface area contributed by atoms with Crippen LogP contribution < -0.4 is 4.90 Å². The van der Waals surface area contributed by atoms with E-state index in [1.165, 1.54) is 5.56 Å². The largest absolute Gasteiger partial charge is 0.443 e. The Balaban J connectivity index is 1.78. The van der Waals surface area contributed by atoms with Gasteiger partial charge >= 0.3 is 6.09 Å². The Kier molecular flexibility index (Phi) is 4.71. The first-order valence-electron chi connectivity index (χ1n) is 11.7. The van der Waals surface area contributed by atoms with Gasteiger partial charge in [0.1, 0.15) is 16.8 Å². The van der Waals surface area contributed by atoms with E-state index in [-0.39, 0.29) is 11.7 Å². The molecule has 1 amide bonds. The van der Waals surface area contributed by atoms with Gasteiger partial charge in [0.2, 0.25) is 0 Å². The number of amides is 1. The van der Waals surface area contributed by atoms with E-state index in [4.69, 9.17) is 4.74 Å². The lowest BCUT2D eigenvalue weighted by atomic mass is 9.76. The fourth-order valence-electron chi connectivity index (χ4n) is 5.47. The molecule has 0 fully saturated rings. The molecular weight excluding hydrogens is 414 g/mol. The van der Waals surface area contributed by atoms with Gasteiger partial charge in [-0.2, -0.15) is 0 Å². The molecule has 6 nitrogen and oxygen atoms in total. The summed E-state index contributed by atoms with van der Waals surface area (Å²) in [5.41, 5.74) is 5.61. The van der Waals surface area contributed by atoms with Crippen molar-refractivity contribution in [3.63, 3.8) is 0 Å². The van der Waals surface area contributed by atoms with Crippen LogP contribution in [0.25, 0.3) is 16.9 Å². The van der Waals surface area contributed by atoms with Crippen LogP contribution in [0.2, 0.25) is 0 Å². The number of imidazole rings is 1. The highest BCUT2D eigenvalue weighted by Gasteiger charge is 2.50. The first-order chi connectivity index (χ1) is 15.5. The second kappa shape index (κ2) is 7.17. The second-order valence-corrected chi connectivity index (χ2v) is 10.7. The number of anilines is 1. The summed E-state index contributed by atoms with van der Waals surface area (Å²) in [5.74, 6) is -0.300. The average Bonchev–Trinajstić information content (AvgIpc) is 3.40. The van der Waals surface area contributed by atoms with Crippen molar-refractivity contribution in [2.24, 2.45) is 0 Å². The van der Waals surface area contributed by atoms with Gasteiger partial charge < -0.3 is 4.74 Å². The van der Waals surface area contributed by atoms with Crippen LogP contribution in [0, 0.1) is 0 Å². The topological polar surface area (TPSA) is 63.9 Å². The van der Waals surface area contributed by atoms with Gasteiger partial charge in [-0.1, -0.05) is 13.0 Å².